The van der Waals surface area contributed by atoms with E-state index < -0.39 is 0 Å². The molecule has 31 heavy (non-hydrogen) atoms. The molecule has 1 aromatic carbocycles. The van der Waals surface area contributed by atoms with Gasteiger partial charge in [0.05, 0.1) is 13.2 Å². The Morgan fingerprint density at radius 2 is 2.00 bits per heavy atom. The van der Waals surface area contributed by atoms with Crippen molar-refractivity contribution in [3.05, 3.63) is 24.3 Å². The molecule has 6 nitrogen and oxygen atoms in total. The maximum Gasteiger partial charge on any atom is 0.317 e. The largest absolute Gasteiger partial charge is 0.494 e. The molecule has 0 spiro atoms. The van der Waals surface area contributed by atoms with E-state index in [9.17, 15) is 4.79 Å². The molecule has 1 aromatic rings. The van der Waals surface area contributed by atoms with Crippen LogP contribution in [-0.2, 0) is 0 Å². The van der Waals surface area contributed by atoms with E-state index in [2.05, 4.69) is 42.1 Å². The van der Waals surface area contributed by atoms with Crippen LogP contribution in [0.2, 0.25) is 0 Å². The molecular formula is C25H39N3O3. The molecule has 1 fully saturated rings. The molecule has 1 aliphatic heterocycles. The molecule has 1 unspecified atom stereocenters. The summed E-state index contributed by atoms with van der Waals surface area (Å²) in [6.07, 6.45) is 11.3. The number of benzene rings is 1. The molecule has 0 aliphatic carbocycles. The second kappa shape index (κ2) is 12.5. The van der Waals surface area contributed by atoms with Crippen molar-refractivity contribution in [1.29, 1.82) is 0 Å². The number of urea groups is 1. The molecule has 6 heteroatoms. The summed E-state index contributed by atoms with van der Waals surface area (Å²) in [4.78, 5) is 16.7. The van der Waals surface area contributed by atoms with Gasteiger partial charge in [-0.15, -0.1) is 6.42 Å². The molecule has 172 valence electrons. The van der Waals surface area contributed by atoms with Crippen molar-refractivity contribution >= 4 is 11.7 Å². The quantitative estimate of drug-likeness (QED) is 0.438. The fraction of sp³-hybridized carbons (Fsp3) is 0.640. The van der Waals surface area contributed by atoms with Gasteiger partial charge in [-0.2, -0.15) is 0 Å². The number of carbonyl (C=O) groups is 1. The number of terminal acetylenes is 1. The van der Waals surface area contributed by atoms with E-state index in [1.807, 2.05) is 24.0 Å². The van der Waals surface area contributed by atoms with E-state index in [0.717, 1.165) is 37.1 Å². The highest BCUT2D eigenvalue weighted by Crippen LogP contribution is 2.37. The Balaban J connectivity index is 2.29. The summed E-state index contributed by atoms with van der Waals surface area (Å²) in [6, 6.07) is 8.16. The number of unbranched alkanes of at least 4 members (excludes halogenated alkanes) is 2. The number of nitrogens with one attached hydrogen (secondary N) is 1. The van der Waals surface area contributed by atoms with Crippen LogP contribution in [0.5, 0.6) is 5.75 Å². The molecule has 0 radical (unpaired) electrons. The molecule has 2 N–H and O–H groups in total. The first-order chi connectivity index (χ1) is 15.0. The second-order valence-electron chi connectivity index (χ2n) is 8.39. The molecule has 1 saturated heterocycles. The third-order valence-electron chi connectivity index (χ3n) is 6.18. The SMILES string of the molecule is C#C[C@](C)(CCCCC)C1CCN(C(=O)NCCO)CCN1c1ccc(OCC)cc1. The highest BCUT2D eigenvalue weighted by Gasteiger charge is 2.38. The summed E-state index contributed by atoms with van der Waals surface area (Å²) in [5.41, 5.74) is 0.814. The van der Waals surface area contributed by atoms with Crippen LogP contribution >= 0.6 is 0 Å². The number of aliphatic hydroxyl groups is 1. The molecule has 2 atom stereocenters. The Morgan fingerprint density at radius 1 is 1.26 bits per heavy atom. The van der Waals surface area contributed by atoms with Crippen molar-refractivity contribution in [2.45, 2.75) is 58.9 Å². The van der Waals surface area contributed by atoms with Crippen molar-refractivity contribution in [3.8, 4) is 18.1 Å². The van der Waals surface area contributed by atoms with Crippen molar-refractivity contribution in [3.63, 3.8) is 0 Å². The van der Waals surface area contributed by atoms with E-state index >= 15 is 0 Å². The summed E-state index contributed by atoms with van der Waals surface area (Å²) in [5.74, 6) is 3.98. The maximum absolute atomic E-state index is 12.5. The third-order valence-corrected chi connectivity index (χ3v) is 6.18. The van der Waals surface area contributed by atoms with Crippen LogP contribution in [0.15, 0.2) is 24.3 Å². The highest BCUT2D eigenvalue weighted by molar-refractivity contribution is 5.74. The normalized spacial score (nSPS) is 18.6. The minimum absolute atomic E-state index is 0.0624. The van der Waals surface area contributed by atoms with E-state index in [4.69, 9.17) is 16.3 Å². The summed E-state index contributed by atoms with van der Waals surface area (Å²) in [5, 5.41) is 11.8. The fourth-order valence-corrected chi connectivity index (χ4v) is 4.36. The Morgan fingerprint density at radius 3 is 2.61 bits per heavy atom. The number of aliphatic hydroxyl groups excluding tert-OH is 1. The average molecular weight is 430 g/mol. The molecule has 0 saturated carbocycles. The van der Waals surface area contributed by atoms with Crippen LogP contribution in [0.4, 0.5) is 10.5 Å². The lowest BCUT2D eigenvalue weighted by atomic mass is 9.76. The zero-order valence-corrected chi connectivity index (χ0v) is 19.4. The van der Waals surface area contributed by atoms with Crippen LogP contribution < -0.4 is 15.0 Å². The lowest BCUT2D eigenvalue weighted by Crippen LogP contribution is -2.47. The average Bonchev–Trinajstić information content (AvgIpc) is 3.02. The number of rotatable bonds is 10. The van der Waals surface area contributed by atoms with Gasteiger partial charge in [-0.25, -0.2) is 4.79 Å². The van der Waals surface area contributed by atoms with Gasteiger partial charge in [-0.3, -0.25) is 0 Å². The molecule has 0 bridgehead atoms. The molecule has 2 amide bonds. The molecular weight excluding hydrogens is 390 g/mol. The summed E-state index contributed by atoms with van der Waals surface area (Å²) in [7, 11) is 0. The molecule has 0 aromatic heterocycles. The Labute approximate surface area is 187 Å². The fourth-order valence-electron chi connectivity index (χ4n) is 4.36. The van der Waals surface area contributed by atoms with Gasteiger partial charge in [-0.1, -0.05) is 32.1 Å². The first-order valence-electron chi connectivity index (χ1n) is 11.6. The van der Waals surface area contributed by atoms with Gasteiger partial charge in [0, 0.05) is 43.3 Å². The first kappa shape index (κ1) is 24.9. The lowest BCUT2D eigenvalue weighted by Gasteiger charge is -2.42. The van der Waals surface area contributed by atoms with Crippen molar-refractivity contribution in [2.75, 3.05) is 44.3 Å². The Hall–Kier alpha value is -2.39. The maximum atomic E-state index is 12.5. The summed E-state index contributed by atoms with van der Waals surface area (Å²) in [6.45, 7) is 9.16. The number of ether oxygens (including phenoxy) is 1. The number of amides is 2. The lowest BCUT2D eigenvalue weighted by molar-refractivity contribution is 0.194. The minimum Gasteiger partial charge on any atom is -0.494 e. The summed E-state index contributed by atoms with van der Waals surface area (Å²) < 4.78 is 5.61. The predicted octanol–water partition coefficient (Wildman–Crippen LogP) is 3.89. The van der Waals surface area contributed by atoms with E-state index in [1.54, 1.807) is 0 Å². The highest BCUT2D eigenvalue weighted by atomic mass is 16.5. The molecule has 1 heterocycles. The number of hydrogen-bond donors (Lipinski definition) is 2. The number of nitrogens with zero attached hydrogens (tertiary/aromatic N) is 2. The monoisotopic (exact) mass is 429 g/mol. The molecule has 2 rings (SSSR count). The third kappa shape index (κ3) is 6.80. The smallest absolute Gasteiger partial charge is 0.317 e. The summed E-state index contributed by atoms with van der Waals surface area (Å²) >= 11 is 0. The van der Waals surface area contributed by atoms with Crippen molar-refractivity contribution < 1.29 is 14.6 Å². The molecule has 1 aliphatic rings. The standard InChI is InChI=1S/C25H39N3O3/c1-5-8-9-15-25(4,6-2)23-14-17-27(24(30)26-16-20-29)18-19-28(23)21-10-12-22(13-11-21)31-7-3/h2,10-13,23,29H,5,7-9,14-20H2,1,3-4H3,(H,26,30)/t23?,25-/m1/s1. The van der Waals surface area contributed by atoms with Gasteiger partial charge in [-0.05, 0) is 51.0 Å². The van der Waals surface area contributed by atoms with Gasteiger partial charge < -0.3 is 25.0 Å². The van der Waals surface area contributed by atoms with Crippen LogP contribution in [0.25, 0.3) is 0 Å². The first-order valence-corrected chi connectivity index (χ1v) is 11.6. The minimum atomic E-state index is -0.286. The van der Waals surface area contributed by atoms with Crippen LogP contribution in [-0.4, -0.2) is 61.5 Å². The number of hydrogen-bond acceptors (Lipinski definition) is 4. The Kier molecular flexibility index (Phi) is 10.00. The van der Waals surface area contributed by atoms with Crippen LogP contribution in [0.3, 0.4) is 0 Å². The van der Waals surface area contributed by atoms with Crippen molar-refractivity contribution in [1.82, 2.24) is 10.2 Å². The van der Waals surface area contributed by atoms with Crippen LogP contribution in [0.1, 0.15) is 52.9 Å². The topological polar surface area (TPSA) is 65.0 Å². The van der Waals surface area contributed by atoms with Gasteiger partial charge in [0.2, 0.25) is 0 Å². The van der Waals surface area contributed by atoms with Gasteiger partial charge >= 0.3 is 6.03 Å². The van der Waals surface area contributed by atoms with Crippen LogP contribution in [0, 0.1) is 17.8 Å². The van der Waals surface area contributed by atoms with Gasteiger partial charge in [0.1, 0.15) is 5.75 Å². The zero-order valence-electron chi connectivity index (χ0n) is 19.4. The Bertz CT molecular complexity index is 716. The zero-order chi connectivity index (χ0) is 22.7. The number of carbonyl (C=O) groups excluding carboxylic acids is 1. The second-order valence-corrected chi connectivity index (χ2v) is 8.39. The van der Waals surface area contributed by atoms with E-state index in [0.29, 0.717) is 26.2 Å². The predicted molar refractivity (Wildman–Crippen MR) is 127 cm³/mol. The van der Waals surface area contributed by atoms with Crippen molar-refractivity contribution in [2.24, 2.45) is 5.41 Å². The van der Waals surface area contributed by atoms with Gasteiger partial charge in [0.25, 0.3) is 0 Å². The van der Waals surface area contributed by atoms with E-state index in [-0.39, 0.29) is 30.6 Å². The number of anilines is 1. The van der Waals surface area contributed by atoms with E-state index in [1.165, 1.54) is 6.42 Å². The van der Waals surface area contributed by atoms with Gasteiger partial charge in [0.15, 0.2) is 0 Å².